The molecule has 0 saturated heterocycles. The maximum atomic E-state index is 14.7. The number of fused-ring (bicyclic) bond motifs is 1. The first-order chi connectivity index (χ1) is 17.1. The van der Waals surface area contributed by atoms with E-state index >= 15 is 0 Å². The summed E-state index contributed by atoms with van der Waals surface area (Å²) in [4.78, 5) is 8.89. The van der Waals surface area contributed by atoms with Gasteiger partial charge in [0, 0.05) is 17.0 Å². The molecule has 1 aromatic heterocycles. The van der Waals surface area contributed by atoms with Gasteiger partial charge >= 0.3 is 6.18 Å². The standard InChI is InChI=1S/C26H29F4N3O3/c1-14(13-35-17-7-5-8-17)36-23-11-19-21(12-22(23)34-4)32-16(3)33-25(19)31-15(2)18-9-6-10-20(24(18)27)26(28,29)30/h6,9-12,14-15,17H,5,7-8,13H2,1-4H3,(H,31,32,33)/t14?,15-/m1/s1. The van der Waals surface area contributed by atoms with Gasteiger partial charge in [0.05, 0.1) is 36.9 Å². The van der Waals surface area contributed by atoms with Gasteiger partial charge in [-0.25, -0.2) is 14.4 Å². The quantitative estimate of drug-likeness (QED) is 0.329. The number of aryl methyl sites for hydroxylation is 1. The lowest BCUT2D eigenvalue weighted by atomic mass is 9.96. The van der Waals surface area contributed by atoms with Crippen molar-refractivity contribution in [2.75, 3.05) is 19.0 Å². The Bertz CT molecular complexity index is 1230. The molecule has 1 aliphatic rings. The molecule has 1 heterocycles. The number of alkyl halides is 3. The second-order valence-corrected chi connectivity index (χ2v) is 9.03. The summed E-state index contributed by atoms with van der Waals surface area (Å²) in [6.45, 7) is 5.58. The first-order valence-electron chi connectivity index (χ1n) is 11.8. The van der Waals surface area contributed by atoms with Gasteiger partial charge in [-0.15, -0.1) is 0 Å². The van der Waals surface area contributed by atoms with Gasteiger partial charge in [0.25, 0.3) is 0 Å². The van der Waals surface area contributed by atoms with Gasteiger partial charge < -0.3 is 19.5 Å². The van der Waals surface area contributed by atoms with Gasteiger partial charge in [-0.2, -0.15) is 13.2 Å². The predicted octanol–water partition coefficient (Wildman–Crippen LogP) is 6.61. The van der Waals surface area contributed by atoms with E-state index < -0.39 is 23.6 Å². The van der Waals surface area contributed by atoms with E-state index in [1.165, 1.54) is 25.7 Å². The Morgan fingerprint density at radius 2 is 1.86 bits per heavy atom. The Balaban J connectivity index is 1.64. The zero-order chi connectivity index (χ0) is 26.0. The molecule has 1 N–H and O–H groups in total. The highest BCUT2D eigenvalue weighted by Gasteiger charge is 2.35. The number of hydrogen-bond donors (Lipinski definition) is 1. The van der Waals surface area contributed by atoms with E-state index in [2.05, 4.69) is 15.3 Å². The van der Waals surface area contributed by atoms with Crippen LogP contribution in [0, 0.1) is 12.7 Å². The number of nitrogens with zero attached hydrogens (tertiary/aromatic N) is 2. The molecule has 0 spiro atoms. The summed E-state index contributed by atoms with van der Waals surface area (Å²) < 4.78 is 71.8. The first kappa shape index (κ1) is 25.9. The summed E-state index contributed by atoms with van der Waals surface area (Å²) >= 11 is 0. The van der Waals surface area contributed by atoms with Gasteiger partial charge in [-0.3, -0.25) is 0 Å². The van der Waals surface area contributed by atoms with Crippen LogP contribution in [0.4, 0.5) is 23.4 Å². The van der Waals surface area contributed by atoms with Crippen LogP contribution in [0.3, 0.4) is 0 Å². The molecule has 0 amide bonds. The second-order valence-electron chi connectivity index (χ2n) is 9.03. The third kappa shape index (κ3) is 5.64. The van der Waals surface area contributed by atoms with E-state index in [1.54, 1.807) is 26.0 Å². The Morgan fingerprint density at radius 1 is 1.11 bits per heavy atom. The molecule has 1 unspecified atom stereocenters. The third-order valence-corrected chi connectivity index (χ3v) is 6.19. The van der Waals surface area contributed by atoms with Crippen LogP contribution in [0.2, 0.25) is 0 Å². The summed E-state index contributed by atoms with van der Waals surface area (Å²) in [5, 5.41) is 3.61. The van der Waals surface area contributed by atoms with Gasteiger partial charge in [0.15, 0.2) is 11.5 Å². The number of halogens is 4. The summed E-state index contributed by atoms with van der Waals surface area (Å²) in [7, 11) is 1.52. The Labute approximate surface area is 207 Å². The molecule has 10 heteroatoms. The number of hydrogen-bond acceptors (Lipinski definition) is 6. The molecule has 0 radical (unpaired) electrons. The zero-order valence-electron chi connectivity index (χ0n) is 20.6. The average molecular weight is 508 g/mol. The maximum absolute atomic E-state index is 14.7. The molecule has 3 aromatic rings. The smallest absolute Gasteiger partial charge is 0.419 e. The summed E-state index contributed by atoms with van der Waals surface area (Å²) in [6.07, 6.45) is -1.47. The van der Waals surface area contributed by atoms with Crippen molar-refractivity contribution in [3.63, 3.8) is 0 Å². The topological polar surface area (TPSA) is 65.5 Å². The Kier molecular flexibility index (Phi) is 7.54. The van der Waals surface area contributed by atoms with E-state index in [4.69, 9.17) is 14.2 Å². The largest absolute Gasteiger partial charge is 0.493 e. The van der Waals surface area contributed by atoms with Crippen LogP contribution in [0.15, 0.2) is 30.3 Å². The molecule has 0 aliphatic heterocycles. The lowest BCUT2D eigenvalue weighted by molar-refractivity contribution is -0.140. The van der Waals surface area contributed by atoms with Crippen LogP contribution >= 0.6 is 0 Å². The average Bonchev–Trinajstić information content (AvgIpc) is 2.77. The highest BCUT2D eigenvalue weighted by Crippen LogP contribution is 2.38. The van der Waals surface area contributed by atoms with E-state index in [9.17, 15) is 17.6 Å². The lowest BCUT2D eigenvalue weighted by Crippen LogP contribution is -2.28. The van der Waals surface area contributed by atoms with Crippen molar-refractivity contribution >= 4 is 16.7 Å². The predicted molar refractivity (Wildman–Crippen MR) is 128 cm³/mol. The molecular weight excluding hydrogens is 478 g/mol. The van der Waals surface area contributed by atoms with Crippen LogP contribution in [-0.2, 0) is 10.9 Å². The molecule has 1 saturated carbocycles. The maximum Gasteiger partial charge on any atom is 0.419 e. The van der Waals surface area contributed by atoms with E-state index in [1.807, 2.05) is 6.92 Å². The molecule has 194 valence electrons. The first-order valence-corrected chi connectivity index (χ1v) is 11.8. The molecule has 0 bridgehead atoms. The number of anilines is 1. The molecule has 36 heavy (non-hydrogen) atoms. The van der Waals surface area contributed by atoms with Crippen molar-refractivity contribution < 1.29 is 31.8 Å². The fourth-order valence-electron chi connectivity index (χ4n) is 4.06. The van der Waals surface area contributed by atoms with Crippen LogP contribution in [-0.4, -0.2) is 35.9 Å². The van der Waals surface area contributed by atoms with Gasteiger partial charge in [0.1, 0.15) is 23.6 Å². The summed E-state index contributed by atoms with van der Waals surface area (Å²) in [5.74, 6) is 0.376. The summed E-state index contributed by atoms with van der Waals surface area (Å²) in [5.41, 5.74) is -0.888. The van der Waals surface area contributed by atoms with Crippen molar-refractivity contribution in [3.05, 3.63) is 53.1 Å². The van der Waals surface area contributed by atoms with E-state index in [0.29, 0.717) is 40.7 Å². The number of ether oxygens (including phenoxy) is 3. The second kappa shape index (κ2) is 10.5. The minimum Gasteiger partial charge on any atom is -0.493 e. The number of benzene rings is 2. The fourth-order valence-corrected chi connectivity index (χ4v) is 4.06. The highest BCUT2D eigenvalue weighted by atomic mass is 19.4. The molecular formula is C26H29F4N3O3. The third-order valence-electron chi connectivity index (χ3n) is 6.19. The Hall–Kier alpha value is -3.14. The molecule has 2 aromatic carbocycles. The number of methoxy groups -OCH3 is 1. The number of aromatic nitrogens is 2. The zero-order valence-corrected chi connectivity index (χ0v) is 20.6. The number of nitrogens with one attached hydrogen (secondary N) is 1. The molecule has 6 nitrogen and oxygen atoms in total. The van der Waals surface area contributed by atoms with Crippen molar-refractivity contribution in [1.29, 1.82) is 0 Å². The molecule has 1 fully saturated rings. The Morgan fingerprint density at radius 3 is 2.50 bits per heavy atom. The highest BCUT2D eigenvalue weighted by molar-refractivity contribution is 5.92. The van der Waals surface area contributed by atoms with E-state index in [-0.39, 0.29) is 17.8 Å². The van der Waals surface area contributed by atoms with Crippen molar-refractivity contribution in [1.82, 2.24) is 9.97 Å². The van der Waals surface area contributed by atoms with Gasteiger partial charge in [-0.05, 0) is 52.2 Å². The monoisotopic (exact) mass is 507 g/mol. The van der Waals surface area contributed by atoms with Crippen LogP contribution < -0.4 is 14.8 Å². The van der Waals surface area contributed by atoms with Gasteiger partial charge in [-0.1, -0.05) is 12.1 Å². The van der Waals surface area contributed by atoms with E-state index in [0.717, 1.165) is 18.9 Å². The van der Waals surface area contributed by atoms with Crippen molar-refractivity contribution in [3.8, 4) is 11.5 Å². The molecule has 2 atom stereocenters. The SMILES string of the molecule is COc1cc2nc(C)nc(N[C@H](C)c3cccc(C(F)(F)F)c3F)c2cc1OC(C)COC1CCC1. The summed E-state index contributed by atoms with van der Waals surface area (Å²) in [6, 6.07) is 5.84. The minimum absolute atomic E-state index is 0.124. The lowest BCUT2D eigenvalue weighted by Gasteiger charge is -2.27. The van der Waals surface area contributed by atoms with Crippen LogP contribution in [0.5, 0.6) is 11.5 Å². The fraction of sp³-hybridized carbons (Fsp3) is 0.462. The molecule has 4 rings (SSSR count). The van der Waals surface area contributed by atoms with Crippen LogP contribution in [0.1, 0.15) is 56.1 Å². The minimum atomic E-state index is -4.79. The van der Waals surface area contributed by atoms with Gasteiger partial charge in [0.2, 0.25) is 0 Å². The van der Waals surface area contributed by atoms with Crippen molar-refractivity contribution in [2.45, 2.75) is 64.5 Å². The van der Waals surface area contributed by atoms with Crippen molar-refractivity contribution in [2.24, 2.45) is 0 Å². The number of rotatable bonds is 9. The molecule has 1 aliphatic carbocycles. The normalized spacial score (nSPS) is 15.9. The van der Waals surface area contributed by atoms with Crippen LogP contribution in [0.25, 0.3) is 10.9 Å².